The quantitative estimate of drug-likeness (QED) is 0.425. The number of hydrogen-bond donors (Lipinski definition) is 0. The van der Waals surface area contributed by atoms with Gasteiger partial charge >= 0.3 is 0 Å². The summed E-state index contributed by atoms with van der Waals surface area (Å²) in [6.45, 7) is 0. The van der Waals surface area contributed by atoms with Gasteiger partial charge in [-0.3, -0.25) is 4.79 Å². The minimum atomic E-state index is 0.232. The maximum atomic E-state index is 11.9. The Balaban J connectivity index is 1.58. The van der Waals surface area contributed by atoms with Crippen LogP contribution in [0.25, 0.3) is 0 Å². The van der Waals surface area contributed by atoms with E-state index < -0.39 is 0 Å². The number of aromatic nitrogens is 4. The fourth-order valence-electron chi connectivity index (χ4n) is 1.84. The summed E-state index contributed by atoms with van der Waals surface area (Å²) in [5.74, 6) is 1.21. The maximum Gasteiger partial charge on any atom is 0.209 e. The van der Waals surface area contributed by atoms with E-state index in [1.54, 1.807) is 16.4 Å². The highest BCUT2D eigenvalue weighted by Gasteiger charge is 2.05. The fourth-order valence-corrected chi connectivity index (χ4v) is 2.69. The van der Waals surface area contributed by atoms with Gasteiger partial charge in [-0.2, -0.15) is 0 Å². The van der Waals surface area contributed by atoms with Crippen LogP contribution in [0.2, 0.25) is 0 Å². The normalized spacial score (nSPS) is 10.7. The predicted molar refractivity (Wildman–Crippen MR) is 78.8 cm³/mol. The van der Waals surface area contributed by atoms with Crippen molar-refractivity contribution in [2.45, 2.75) is 30.8 Å². The van der Waals surface area contributed by atoms with Crippen LogP contribution in [-0.2, 0) is 7.05 Å². The number of unbranched alkanes of at least 4 members (excludes halogenated alkanes) is 2. The third kappa shape index (κ3) is 4.45. The standard InChI is InChI=1S/C14H18N4OS/c1-18-14(15-16-17-18)20-11-7-3-6-10-13(19)12-8-4-2-5-9-12/h2,4-5,8-9H,3,6-7,10-11H2,1H3. The summed E-state index contributed by atoms with van der Waals surface area (Å²) in [6.07, 6.45) is 3.68. The Labute approximate surface area is 122 Å². The van der Waals surface area contributed by atoms with E-state index in [0.717, 1.165) is 35.7 Å². The molecule has 0 amide bonds. The van der Waals surface area contributed by atoms with Gasteiger partial charge in [-0.25, -0.2) is 4.68 Å². The molecule has 0 aliphatic carbocycles. The van der Waals surface area contributed by atoms with Gasteiger partial charge in [-0.15, -0.1) is 5.10 Å². The Morgan fingerprint density at radius 2 is 2.00 bits per heavy atom. The molecular weight excluding hydrogens is 272 g/mol. The molecule has 0 N–H and O–H groups in total. The topological polar surface area (TPSA) is 60.7 Å². The average molecular weight is 290 g/mol. The first-order valence-corrected chi connectivity index (χ1v) is 7.69. The highest BCUT2D eigenvalue weighted by molar-refractivity contribution is 7.99. The summed E-state index contributed by atoms with van der Waals surface area (Å²) >= 11 is 1.65. The molecule has 106 valence electrons. The molecule has 1 aromatic heterocycles. The second-order valence-electron chi connectivity index (χ2n) is 4.53. The van der Waals surface area contributed by atoms with Gasteiger partial charge in [0.2, 0.25) is 5.16 Å². The molecule has 20 heavy (non-hydrogen) atoms. The smallest absolute Gasteiger partial charge is 0.209 e. The number of tetrazole rings is 1. The van der Waals surface area contributed by atoms with Gasteiger partial charge in [-0.05, 0) is 23.3 Å². The molecule has 5 nitrogen and oxygen atoms in total. The van der Waals surface area contributed by atoms with Crippen LogP contribution in [0.1, 0.15) is 36.0 Å². The summed E-state index contributed by atoms with van der Waals surface area (Å²) in [5.41, 5.74) is 0.812. The number of rotatable bonds is 8. The van der Waals surface area contributed by atoms with Gasteiger partial charge in [-0.1, -0.05) is 48.5 Å². The number of ketones is 1. The molecule has 6 heteroatoms. The molecule has 0 unspecified atom stereocenters. The van der Waals surface area contributed by atoms with E-state index in [4.69, 9.17) is 0 Å². The molecule has 0 saturated heterocycles. The van der Waals surface area contributed by atoms with Gasteiger partial charge in [0.1, 0.15) is 0 Å². The van der Waals surface area contributed by atoms with Crippen LogP contribution in [0.4, 0.5) is 0 Å². The molecule has 0 aliphatic rings. The Morgan fingerprint density at radius 1 is 1.20 bits per heavy atom. The van der Waals surface area contributed by atoms with Crippen molar-refractivity contribution in [1.29, 1.82) is 0 Å². The number of thioether (sulfide) groups is 1. The maximum absolute atomic E-state index is 11.9. The Bertz CT molecular complexity index is 541. The van der Waals surface area contributed by atoms with E-state index in [1.165, 1.54) is 0 Å². The molecule has 0 aliphatic heterocycles. The lowest BCUT2D eigenvalue weighted by Gasteiger charge is -2.01. The lowest BCUT2D eigenvalue weighted by Crippen LogP contribution is -1.98. The molecule has 0 saturated carbocycles. The zero-order valence-corrected chi connectivity index (χ0v) is 12.3. The average Bonchev–Trinajstić information content (AvgIpc) is 2.89. The number of aryl methyl sites for hydroxylation is 1. The molecule has 1 heterocycles. The van der Waals surface area contributed by atoms with Crippen molar-refractivity contribution in [3.05, 3.63) is 35.9 Å². The van der Waals surface area contributed by atoms with Crippen molar-refractivity contribution in [3.8, 4) is 0 Å². The highest BCUT2D eigenvalue weighted by atomic mass is 32.2. The second-order valence-corrected chi connectivity index (χ2v) is 5.60. The number of carbonyl (C=O) groups excluding carboxylic acids is 1. The molecule has 0 atom stereocenters. The predicted octanol–water partition coefficient (Wildman–Crippen LogP) is 2.75. The highest BCUT2D eigenvalue weighted by Crippen LogP contribution is 2.16. The van der Waals surface area contributed by atoms with E-state index in [2.05, 4.69) is 15.5 Å². The Morgan fingerprint density at radius 3 is 2.70 bits per heavy atom. The number of nitrogens with zero attached hydrogens (tertiary/aromatic N) is 4. The zero-order chi connectivity index (χ0) is 14.2. The lowest BCUT2D eigenvalue weighted by molar-refractivity contribution is 0.0979. The third-order valence-electron chi connectivity index (χ3n) is 2.96. The molecule has 2 rings (SSSR count). The molecule has 0 fully saturated rings. The van der Waals surface area contributed by atoms with Crippen molar-refractivity contribution in [3.63, 3.8) is 0 Å². The van der Waals surface area contributed by atoms with Crippen molar-refractivity contribution >= 4 is 17.5 Å². The van der Waals surface area contributed by atoms with Crippen LogP contribution in [0.3, 0.4) is 0 Å². The van der Waals surface area contributed by atoms with E-state index in [1.807, 2.05) is 37.4 Å². The van der Waals surface area contributed by atoms with E-state index >= 15 is 0 Å². The molecule has 0 bridgehead atoms. The zero-order valence-electron chi connectivity index (χ0n) is 11.5. The molecule has 2 aromatic rings. The van der Waals surface area contributed by atoms with Gasteiger partial charge in [0.15, 0.2) is 5.78 Å². The van der Waals surface area contributed by atoms with Gasteiger partial charge in [0, 0.05) is 24.8 Å². The summed E-state index contributed by atoms with van der Waals surface area (Å²) < 4.78 is 1.67. The van der Waals surface area contributed by atoms with E-state index in [-0.39, 0.29) is 5.78 Å². The van der Waals surface area contributed by atoms with Crippen LogP contribution in [-0.4, -0.2) is 31.7 Å². The van der Waals surface area contributed by atoms with Crippen LogP contribution in [0.5, 0.6) is 0 Å². The minimum Gasteiger partial charge on any atom is -0.294 e. The third-order valence-corrected chi connectivity index (χ3v) is 4.05. The lowest BCUT2D eigenvalue weighted by atomic mass is 10.1. The molecule has 0 radical (unpaired) electrons. The summed E-state index contributed by atoms with van der Waals surface area (Å²) in [5, 5.41) is 12.1. The first kappa shape index (κ1) is 14.7. The van der Waals surface area contributed by atoms with Crippen LogP contribution in [0, 0.1) is 0 Å². The summed E-state index contributed by atoms with van der Waals surface area (Å²) in [4.78, 5) is 11.9. The fraction of sp³-hybridized carbons (Fsp3) is 0.429. The van der Waals surface area contributed by atoms with E-state index in [0.29, 0.717) is 6.42 Å². The number of hydrogen-bond acceptors (Lipinski definition) is 5. The monoisotopic (exact) mass is 290 g/mol. The van der Waals surface area contributed by atoms with Crippen molar-refractivity contribution in [1.82, 2.24) is 20.2 Å². The van der Waals surface area contributed by atoms with Crippen molar-refractivity contribution < 1.29 is 4.79 Å². The minimum absolute atomic E-state index is 0.232. The second kappa shape index (κ2) is 7.79. The van der Waals surface area contributed by atoms with Crippen molar-refractivity contribution in [2.75, 3.05) is 5.75 Å². The molecule has 1 aromatic carbocycles. The molecule has 0 spiro atoms. The van der Waals surface area contributed by atoms with Crippen LogP contribution in [0.15, 0.2) is 35.5 Å². The SMILES string of the molecule is Cn1nnnc1SCCCCCC(=O)c1ccccc1. The Hall–Kier alpha value is -1.69. The van der Waals surface area contributed by atoms with Gasteiger partial charge in [0.25, 0.3) is 0 Å². The van der Waals surface area contributed by atoms with E-state index in [9.17, 15) is 4.79 Å². The number of carbonyl (C=O) groups is 1. The van der Waals surface area contributed by atoms with Crippen molar-refractivity contribution in [2.24, 2.45) is 7.05 Å². The number of Topliss-reactive ketones (excluding diaryl/α,β-unsaturated/α-hetero) is 1. The van der Waals surface area contributed by atoms with Crippen LogP contribution >= 0.6 is 11.8 Å². The number of benzene rings is 1. The summed E-state index contributed by atoms with van der Waals surface area (Å²) in [7, 11) is 1.83. The van der Waals surface area contributed by atoms with Gasteiger partial charge in [0.05, 0.1) is 0 Å². The first-order valence-electron chi connectivity index (χ1n) is 6.71. The first-order chi connectivity index (χ1) is 9.77. The Kier molecular flexibility index (Phi) is 5.73. The van der Waals surface area contributed by atoms with Crippen LogP contribution < -0.4 is 0 Å². The van der Waals surface area contributed by atoms with Gasteiger partial charge < -0.3 is 0 Å². The molecular formula is C14H18N4OS. The largest absolute Gasteiger partial charge is 0.294 e. The summed E-state index contributed by atoms with van der Waals surface area (Å²) in [6, 6.07) is 9.48.